The molecule has 3 aromatic rings. The lowest BCUT2D eigenvalue weighted by Gasteiger charge is -2.51. The molecule has 0 radical (unpaired) electrons. The summed E-state index contributed by atoms with van der Waals surface area (Å²) >= 11 is 0. The van der Waals surface area contributed by atoms with Crippen molar-refractivity contribution in [1.82, 2.24) is 9.96 Å². The summed E-state index contributed by atoms with van der Waals surface area (Å²) in [6.07, 6.45) is 2.24. The first kappa shape index (κ1) is 21.0. The van der Waals surface area contributed by atoms with Gasteiger partial charge in [0.25, 0.3) is 5.91 Å². The molecular weight excluding hydrogens is 416 g/mol. The molecule has 6 nitrogen and oxygen atoms in total. The van der Waals surface area contributed by atoms with Crippen LogP contribution in [0.5, 0.6) is 0 Å². The number of fused-ring (bicyclic) bond motifs is 2. The quantitative estimate of drug-likeness (QED) is 0.542. The molecule has 0 spiro atoms. The van der Waals surface area contributed by atoms with Gasteiger partial charge < -0.3 is 4.74 Å². The largest absolute Gasteiger partial charge is 0.444 e. The van der Waals surface area contributed by atoms with Crippen molar-refractivity contribution in [3.05, 3.63) is 120 Å². The van der Waals surface area contributed by atoms with Crippen LogP contribution in [-0.4, -0.2) is 34.2 Å². The Hall–Kier alpha value is -3.90. The fraction of sp³-hybridized carbons (Fsp3) is 0.185. The molecule has 2 amide bonds. The van der Waals surface area contributed by atoms with Crippen LogP contribution in [0.4, 0.5) is 4.79 Å². The van der Waals surface area contributed by atoms with Gasteiger partial charge in [-0.3, -0.25) is 14.5 Å². The molecule has 166 valence electrons. The van der Waals surface area contributed by atoms with Crippen LogP contribution in [0, 0.1) is 0 Å². The zero-order valence-corrected chi connectivity index (χ0v) is 18.0. The summed E-state index contributed by atoms with van der Waals surface area (Å²) in [6, 6.07) is 28.3. The number of hydrogen-bond donors (Lipinski definition) is 0. The van der Waals surface area contributed by atoms with Crippen molar-refractivity contribution in [2.45, 2.75) is 31.3 Å². The Labute approximate surface area is 192 Å². The highest BCUT2D eigenvalue weighted by atomic mass is 16.7. The summed E-state index contributed by atoms with van der Waals surface area (Å²) in [5.41, 5.74) is 2.70. The summed E-state index contributed by atoms with van der Waals surface area (Å²) in [7, 11) is 0. The second-order valence-corrected chi connectivity index (χ2v) is 8.05. The van der Waals surface area contributed by atoms with E-state index in [1.165, 1.54) is 5.06 Å². The number of nitrogens with zero attached hydrogens (tertiary/aromatic N) is 2. The predicted octanol–water partition coefficient (Wildman–Crippen LogP) is 4.65. The minimum absolute atomic E-state index is 0.150. The molecule has 0 N–H and O–H groups in total. The molecule has 33 heavy (non-hydrogen) atoms. The van der Waals surface area contributed by atoms with Crippen molar-refractivity contribution < 1.29 is 19.2 Å². The summed E-state index contributed by atoms with van der Waals surface area (Å²) in [5.74, 6) is -0.215. The van der Waals surface area contributed by atoms with Crippen molar-refractivity contribution in [2.75, 3.05) is 0 Å². The van der Waals surface area contributed by atoms with Gasteiger partial charge in [-0.05, 0) is 22.8 Å². The molecule has 2 bridgehead atoms. The average Bonchev–Trinajstić information content (AvgIpc) is 2.88. The number of carbonyl (C=O) groups excluding carboxylic acids is 2. The van der Waals surface area contributed by atoms with Crippen LogP contribution < -0.4 is 0 Å². The Balaban J connectivity index is 1.41. The van der Waals surface area contributed by atoms with Gasteiger partial charge in [-0.2, -0.15) is 5.06 Å². The zero-order chi connectivity index (χ0) is 22.6. The number of hydrogen-bond acceptors (Lipinski definition) is 4. The summed E-state index contributed by atoms with van der Waals surface area (Å²) in [5, 5.41) is 1.31. The highest BCUT2D eigenvalue weighted by molar-refractivity contribution is 5.80. The Morgan fingerprint density at radius 2 is 1.39 bits per heavy atom. The van der Waals surface area contributed by atoms with Gasteiger partial charge in [0, 0.05) is 0 Å². The van der Waals surface area contributed by atoms with E-state index in [2.05, 4.69) is 0 Å². The van der Waals surface area contributed by atoms with Crippen LogP contribution in [-0.2, 0) is 27.4 Å². The summed E-state index contributed by atoms with van der Waals surface area (Å²) < 4.78 is 5.68. The van der Waals surface area contributed by atoms with Gasteiger partial charge in [0.2, 0.25) is 0 Å². The molecule has 0 aromatic heterocycles. The first-order valence-corrected chi connectivity index (χ1v) is 11.0. The lowest BCUT2D eigenvalue weighted by molar-refractivity contribution is -0.272. The first-order valence-electron chi connectivity index (χ1n) is 11.0. The fourth-order valence-corrected chi connectivity index (χ4v) is 4.28. The minimum Gasteiger partial charge on any atom is -0.444 e. The van der Waals surface area contributed by atoms with Gasteiger partial charge in [0.05, 0.1) is 12.5 Å². The molecule has 3 aromatic carbocycles. The highest BCUT2D eigenvalue weighted by Crippen LogP contribution is 2.40. The van der Waals surface area contributed by atoms with Crippen LogP contribution in [0.3, 0.4) is 0 Å². The van der Waals surface area contributed by atoms with Crippen molar-refractivity contribution in [1.29, 1.82) is 0 Å². The summed E-state index contributed by atoms with van der Waals surface area (Å²) in [4.78, 5) is 34.2. The standard InChI is InChI=1S/C27H24N2O4/c30-25(18-20-10-4-1-5-11-20)29-24-17-16-23(33-29)26(22-14-8-3-9-15-22)28(24)27(31)32-19-21-12-6-2-7-13-21/h1-17,23-24,26H,18-19H2/t23?,24-,26-/m0/s1. The van der Waals surface area contributed by atoms with Gasteiger partial charge in [-0.15, -0.1) is 0 Å². The van der Waals surface area contributed by atoms with E-state index < -0.39 is 24.4 Å². The van der Waals surface area contributed by atoms with Crippen LogP contribution in [0.2, 0.25) is 0 Å². The first-order chi connectivity index (χ1) is 16.2. The maximum atomic E-state index is 13.3. The topological polar surface area (TPSA) is 59.1 Å². The molecule has 1 saturated heterocycles. The number of carbonyl (C=O) groups is 2. The third-order valence-corrected chi connectivity index (χ3v) is 5.85. The van der Waals surface area contributed by atoms with Gasteiger partial charge >= 0.3 is 6.09 Å². The van der Waals surface area contributed by atoms with E-state index in [-0.39, 0.29) is 18.9 Å². The third-order valence-electron chi connectivity index (χ3n) is 5.85. The predicted molar refractivity (Wildman–Crippen MR) is 122 cm³/mol. The molecule has 1 unspecified atom stereocenters. The van der Waals surface area contributed by atoms with Crippen molar-refractivity contribution >= 4 is 12.0 Å². The van der Waals surface area contributed by atoms with E-state index in [1.807, 2.05) is 103 Å². The van der Waals surface area contributed by atoms with Crippen LogP contribution in [0.25, 0.3) is 0 Å². The Morgan fingerprint density at radius 1 is 0.788 bits per heavy atom. The van der Waals surface area contributed by atoms with E-state index in [9.17, 15) is 9.59 Å². The van der Waals surface area contributed by atoms with Crippen molar-refractivity contribution in [2.24, 2.45) is 0 Å². The van der Waals surface area contributed by atoms with E-state index in [1.54, 1.807) is 4.90 Å². The van der Waals surface area contributed by atoms with Crippen molar-refractivity contribution in [3.8, 4) is 0 Å². The molecular formula is C27H24N2O4. The monoisotopic (exact) mass is 440 g/mol. The van der Waals surface area contributed by atoms with Crippen LogP contribution in [0.15, 0.2) is 103 Å². The molecule has 3 atom stereocenters. The molecule has 3 heterocycles. The molecule has 6 heteroatoms. The summed E-state index contributed by atoms with van der Waals surface area (Å²) in [6.45, 7) is 0.150. The second kappa shape index (κ2) is 9.30. The maximum Gasteiger partial charge on any atom is 0.412 e. The van der Waals surface area contributed by atoms with Crippen LogP contribution >= 0.6 is 0 Å². The Morgan fingerprint density at radius 3 is 2.06 bits per heavy atom. The number of benzene rings is 3. The molecule has 0 aliphatic carbocycles. The number of rotatable bonds is 5. The Kier molecular flexibility index (Phi) is 5.91. The number of amides is 2. The zero-order valence-electron chi connectivity index (χ0n) is 18.0. The van der Waals surface area contributed by atoms with Gasteiger partial charge in [0.1, 0.15) is 12.7 Å². The minimum atomic E-state index is -0.695. The molecule has 1 fully saturated rings. The highest BCUT2D eigenvalue weighted by Gasteiger charge is 2.49. The number of ether oxygens (including phenoxy) is 1. The average molecular weight is 440 g/mol. The third kappa shape index (κ3) is 4.38. The van der Waals surface area contributed by atoms with Gasteiger partial charge in [-0.1, -0.05) is 97.1 Å². The van der Waals surface area contributed by atoms with Gasteiger partial charge in [0.15, 0.2) is 6.17 Å². The molecule has 0 saturated carbocycles. The lowest BCUT2D eigenvalue weighted by Crippen LogP contribution is -2.64. The molecule has 6 rings (SSSR count). The smallest absolute Gasteiger partial charge is 0.412 e. The van der Waals surface area contributed by atoms with Crippen molar-refractivity contribution in [3.63, 3.8) is 0 Å². The van der Waals surface area contributed by atoms with Gasteiger partial charge in [-0.25, -0.2) is 4.79 Å². The van der Waals surface area contributed by atoms with E-state index in [0.29, 0.717) is 0 Å². The van der Waals surface area contributed by atoms with Crippen LogP contribution in [0.1, 0.15) is 22.7 Å². The lowest BCUT2D eigenvalue weighted by atomic mass is 9.94. The SMILES string of the molecule is O=C(Cc1ccccc1)N1OC2C=C[C@H]1N(C(=O)OCc1ccccc1)[C@H]2c1ccccc1. The van der Waals surface area contributed by atoms with E-state index in [4.69, 9.17) is 9.57 Å². The Bertz CT molecular complexity index is 1130. The normalized spacial score (nSPS) is 21.2. The number of hydroxylamine groups is 2. The van der Waals surface area contributed by atoms with E-state index in [0.717, 1.165) is 16.7 Å². The maximum absolute atomic E-state index is 13.3. The second-order valence-electron chi connectivity index (χ2n) is 8.05. The molecule has 3 aliphatic rings. The fourth-order valence-electron chi connectivity index (χ4n) is 4.28. The molecule has 3 aliphatic heterocycles. The van der Waals surface area contributed by atoms with E-state index >= 15 is 0 Å².